The molecule has 13 heteroatoms. The highest BCUT2D eigenvalue weighted by Gasteiger charge is 2.39. The van der Waals surface area contributed by atoms with Gasteiger partial charge in [-0.3, -0.25) is 38.6 Å². The smallest absolute Gasteiger partial charge is 0.410 e. The van der Waals surface area contributed by atoms with Gasteiger partial charge in [-0.05, 0) is 48.6 Å². The quantitative estimate of drug-likeness (QED) is 0.114. The van der Waals surface area contributed by atoms with Gasteiger partial charge in [0, 0.05) is 59.4 Å². The average molecular weight is 771 g/mol. The zero-order valence-corrected chi connectivity index (χ0v) is 35.0. The Labute approximate surface area is 328 Å². The van der Waals surface area contributed by atoms with E-state index >= 15 is 0 Å². The maximum absolute atomic E-state index is 14.0. The Hall–Kier alpha value is -4.13. The number of rotatable bonds is 23. The molecule has 13 nitrogen and oxygen atoms in total. The monoisotopic (exact) mass is 770 g/mol. The predicted octanol–water partition coefficient (Wildman–Crippen LogP) is 5.35. The minimum Gasteiger partial charge on any atom is -0.445 e. The van der Waals surface area contributed by atoms with Crippen LogP contribution >= 0.6 is 0 Å². The molecule has 0 aliphatic carbocycles. The summed E-state index contributed by atoms with van der Waals surface area (Å²) in [5, 5.41) is 2.91. The van der Waals surface area contributed by atoms with Crippen LogP contribution in [0.1, 0.15) is 111 Å². The molecule has 0 spiro atoms. The largest absolute Gasteiger partial charge is 0.445 e. The van der Waals surface area contributed by atoms with Crippen LogP contribution < -0.4 is 5.32 Å². The fourth-order valence-electron chi connectivity index (χ4n) is 7.19. The number of ether oxygens (including phenoxy) is 2. The Bertz CT molecular complexity index is 1480. The molecule has 1 aromatic rings. The van der Waals surface area contributed by atoms with Gasteiger partial charge in [-0.15, -0.1) is 0 Å². The topological polar surface area (TPSA) is 160 Å². The second-order valence-corrected chi connectivity index (χ2v) is 15.9. The molecule has 1 aliphatic heterocycles. The minimum atomic E-state index is -0.927. The van der Waals surface area contributed by atoms with Crippen LogP contribution in [0.4, 0.5) is 4.79 Å². The first-order chi connectivity index (χ1) is 25.8. The molecule has 1 unspecified atom stereocenters. The van der Waals surface area contributed by atoms with Crippen molar-refractivity contribution in [3.63, 3.8) is 0 Å². The SMILES string of the molecule is CC[C@H](C)[C@@H]([C@@H](CC(C)=O)OC)N(C)C(=O)[C@@H](NC(=O)[C@H](C(C)C)N(C)C(=O)OCc1ccc(CC(=O)CCCCCN2C(=O)CC(C)C2=O)cc1)C(C)C. The van der Waals surface area contributed by atoms with E-state index < -0.39 is 36.2 Å². The van der Waals surface area contributed by atoms with E-state index in [0.29, 0.717) is 31.4 Å². The molecule has 6 atom stereocenters. The third-order valence-electron chi connectivity index (χ3n) is 10.6. The van der Waals surface area contributed by atoms with Crippen molar-refractivity contribution in [3.05, 3.63) is 35.4 Å². The van der Waals surface area contributed by atoms with E-state index in [0.717, 1.165) is 18.4 Å². The highest BCUT2D eigenvalue weighted by atomic mass is 16.6. The molecule has 1 fully saturated rings. The number of imide groups is 1. The van der Waals surface area contributed by atoms with E-state index in [4.69, 9.17) is 9.47 Å². The zero-order chi connectivity index (χ0) is 41.6. The lowest BCUT2D eigenvalue weighted by Gasteiger charge is -2.40. The van der Waals surface area contributed by atoms with Crippen LogP contribution in [-0.2, 0) is 51.3 Å². The van der Waals surface area contributed by atoms with Crippen molar-refractivity contribution in [1.29, 1.82) is 0 Å². The number of benzene rings is 1. The molecule has 2 rings (SSSR count). The third kappa shape index (κ3) is 13.8. The third-order valence-corrected chi connectivity index (χ3v) is 10.6. The van der Waals surface area contributed by atoms with Gasteiger partial charge in [0.2, 0.25) is 23.6 Å². The highest BCUT2D eigenvalue weighted by molar-refractivity contribution is 6.03. The van der Waals surface area contributed by atoms with Gasteiger partial charge in [0.25, 0.3) is 0 Å². The number of carbonyl (C=O) groups excluding carboxylic acids is 7. The van der Waals surface area contributed by atoms with Gasteiger partial charge in [-0.25, -0.2) is 4.79 Å². The molecule has 1 heterocycles. The fourth-order valence-corrected chi connectivity index (χ4v) is 7.19. The van der Waals surface area contributed by atoms with Crippen LogP contribution in [0.5, 0.6) is 0 Å². The number of nitrogens with zero attached hydrogens (tertiary/aromatic N) is 3. The molecule has 0 bridgehead atoms. The van der Waals surface area contributed by atoms with Crippen molar-refractivity contribution in [1.82, 2.24) is 20.0 Å². The van der Waals surface area contributed by atoms with Crippen LogP contribution in [0.3, 0.4) is 0 Å². The molecule has 0 radical (unpaired) electrons. The number of likely N-dealkylation sites (tertiary alicyclic amines) is 1. The molecular weight excluding hydrogens is 704 g/mol. The van der Waals surface area contributed by atoms with Crippen molar-refractivity contribution in [2.24, 2.45) is 23.7 Å². The van der Waals surface area contributed by atoms with Gasteiger partial charge < -0.3 is 19.7 Å². The highest BCUT2D eigenvalue weighted by Crippen LogP contribution is 2.24. The van der Waals surface area contributed by atoms with E-state index in [2.05, 4.69) is 5.32 Å². The number of methoxy groups -OCH3 is 1. The lowest BCUT2D eigenvalue weighted by atomic mass is 9.89. The predicted molar refractivity (Wildman–Crippen MR) is 210 cm³/mol. The molecule has 0 aromatic heterocycles. The normalized spacial score (nSPS) is 17.1. The maximum atomic E-state index is 14.0. The Kier molecular flexibility index (Phi) is 19.2. The van der Waals surface area contributed by atoms with E-state index in [9.17, 15) is 33.6 Å². The second-order valence-electron chi connectivity index (χ2n) is 15.9. The van der Waals surface area contributed by atoms with E-state index in [1.54, 1.807) is 31.0 Å². The number of nitrogens with one attached hydrogen (secondary N) is 1. The summed E-state index contributed by atoms with van der Waals surface area (Å²) in [6.07, 6.45) is 2.77. The summed E-state index contributed by atoms with van der Waals surface area (Å²) < 4.78 is 11.3. The summed E-state index contributed by atoms with van der Waals surface area (Å²) in [6, 6.07) is 5.01. The van der Waals surface area contributed by atoms with Crippen molar-refractivity contribution >= 4 is 41.3 Å². The van der Waals surface area contributed by atoms with Crippen LogP contribution in [0.15, 0.2) is 24.3 Å². The number of hydrogen-bond acceptors (Lipinski definition) is 9. The van der Waals surface area contributed by atoms with Crippen molar-refractivity contribution in [2.45, 2.75) is 138 Å². The Morgan fingerprint density at radius 2 is 1.53 bits per heavy atom. The first-order valence-corrected chi connectivity index (χ1v) is 19.8. The lowest BCUT2D eigenvalue weighted by Crippen LogP contribution is -2.60. The summed E-state index contributed by atoms with van der Waals surface area (Å²) in [7, 11) is 4.70. The summed E-state index contributed by atoms with van der Waals surface area (Å²) >= 11 is 0. The van der Waals surface area contributed by atoms with Gasteiger partial charge in [0.15, 0.2) is 0 Å². The van der Waals surface area contributed by atoms with Gasteiger partial charge in [-0.2, -0.15) is 0 Å². The number of carbonyl (C=O) groups is 7. The number of Topliss-reactive ketones (excluding diaryl/α,β-unsaturated/α-hetero) is 2. The van der Waals surface area contributed by atoms with Crippen LogP contribution in [0.25, 0.3) is 0 Å². The second kappa shape index (κ2) is 22.4. The van der Waals surface area contributed by atoms with Gasteiger partial charge in [-0.1, -0.05) is 85.6 Å². The number of likely N-dealkylation sites (N-methyl/N-ethyl adjacent to an activating group) is 2. The molecular formula is C42H66N4O9. The van der Waals surface area contributed by atoms with E-state index in [1.807, 2.05) is 53.7 Å². The number of hydrogen-bond donors (Lipinski definition) is 1. The number of ketones is 2. The molecule has 1 aromatic carbocycles. The van der Waals surface area contributed by atoms with Crippen LogP contribution in [0.2, 0.25) is 0 Å². The maximum Gasteiger partial charge on any atom is 0.410 e. The van der Waals surface area contributed by atoms with Crippen LogP contribution in [-0.4, -0.2) is 108 Å². The molecule has 55 heavy (non-hydrogen) atoms. The molecule has 1 saturated heterocycles. The molecule has 0 saturated carbocycles. The van der Waals surface area contributed by atoms with Gasteiger partial charge in [0.05, 0.1) is 12.1 Å². The van der Waals surface area contributed by atoms with E-state index in [-0.39, 0.29) is 78.8 Å². The molecule has 5 amide bonds. The Morgan fingerprint density at radius 3 is 2.04 bits per heavy atom. The number of amides is 5. The minimum absolute atomic E-state index is 0.0181. The Morgan fingerprint density at radius 1 is 0.909 bits per heavy atom. The summed E-state index contributed by atoms with van der Waals surface area (Å²) in [4.78, 5) is 93.8. The van der Waals surface area contributed by atoms with Gasteiger partial charge in [0.1, 0.15) is 30.3 Å². The summed E-state index contributed by atoms with van der Waals surface area (Å²) in [6.45, 7) is 15.0. The summed E-state index contributed by atoms with van der Waals surface area (Å²) in [5.74, 6) is -1.78. The average Bonchev–Trinajstić information content (AvgIpc) is 3.37. The zero-order valence-electron chi connectivity index (χ0n) is 35.0. The molecule has 1 N–H and O–H groups in total. The van der Waals surface area contributed by atoms with Crippen molar-refractivity contribution in [3.8, 4) is 0 Å². The molecule has 308 valence electrons. The van der Waals surface area contributed by atoms with Crippen LogP contribution in [0, 0.1) is 23.7 Å². The summed E-state index contributed by atoms with van der Waals surface area (Å²) in [5.41, 5.74) is 1.55. The fraction of sp³-hybridized carbons (Fsp3) is 0.690. The standard InChI is InChI=1S/C42H66N4O9/c1-12-28(6)38(34(54-11)23-30(8)47)44(9)41(52)36(26(2)3)43-39(50)37(27(4)5)45(10)42(53)55-25-32-19-17-31(18-20-32)24-33(48)16-14-13-15-21-46-35(49)22-29(7)40(46)51/h17-20,26-29,34,36-38H,12-16,21-25H2,1-11H3,(H,43,50)/t28-,29?,34+,36-,37-,38-/m0/s1. The first kappa shape index (κ1) is 47.0. The van der Waals surface area contributed by atoms with Crippen molar-refractivity contribution < 1.29 is 43.0 Å². The first-order valence-electron chi connectivity index (χ1n) is 19.8. The van der Waals surface area contributed by atoms with Gasteiger partial charge >= 0.3 is 6.09 Å². The lowest BCUT2D eigenvalue weighted by molar-refractivity contribution is -0.144. The van der Waals surface area contributed by atoms with Crippen molar-refractivity contribution in [2.75, 3.05) is 27.7 Å². The molecule has 1 aliphatic rings. The van der Waals surface area contributed by atoms with E-state index in [1.165, 1.54) is 30.9 Å². The Balaban J connectivity index is 1.96. The number of unbranched alkanes of at least 4 members (excludes halogenated alkanes) is 2.